The van der Waals surface area contributed by atoms with E-state index in [9.17, 15) is 14.4 Å². The van der Waals surface area contributed by atoms with Gasteiger partial charge in [-0.05, 0) is 48.7 Å². The molecule has 6 nitrogen and oxygen atoms in total. The average Bonchev–Trinajstić information content (AvgIpc) is 3.23. The average molecular weight is 440 g/mol. The van der Waals surface area contributed by atoms with E-state index >= 15 is 0 Å². The molecule has 0 spiro atoms. The van der Waals surface area contributed by atoms with Crippen LogP contribution in [0.15, 0.2) is 75.6 Å². The number of hydrogen-bond acceptors (Lipinski definition) is 4. The number of hydrogen-bond donors (Lipinski definition) is 0. The Morgan fingerprint density at radius 1 is 1.07 bits per heavy atom. The van der Waals surface area contributed by atoms with E-state index in [0.29, 0.717) is 27.5 Å². The summed E-state index contributed by atoms with van der Waals surface area (Å²) in [5.74, 6) is -0.241. The number of rotatable bonds is 5. The number of nitrogens with zero attached hydrogens (tertiary/aromatic N) is 3. The lowest BCUT2D eigenvalue weighted by atomic mass is 10.2. The highest BCUT2D eigenvalue weighted by molar-refractivity contribution is 7.17. The minimum atomic E-state index is -0.578. The molecule has 152 valence electrons. The van der Waals surface area contributed by atoms with Gasteiger partial charge in [0, 0.05) is 17.3 Å². The first-order valence-corrected chi connectivity index (χ1v) is 10.6. The van der Waals surface area contributed by atoms with E-state index in [1.807, 2.05) is 37.3 Å². The summed E-state index contributed by atoms with van der Waals surface area (Å²) in [4.78, 5) is 41.0. The van der Waals surface area contributed by atoms with Crippen LogP contribution < -0.4 is 16.1 Å². The molecule has 8 heteroatoms. The molecule has 0 radical (unpaired) electrons. The minimum absolute atomic E-state index is 0.185. The van der Waals surface area contributed by atoms with Crippen LogP contribution in [0.4, 0.5) is 5.69 Å². The van der Waals surface area contributed by atoms with Gasteiger partial charge in [0.15, 0.2) is 0 Å². The van der Waals surface area contributed by atoms with E-state index in [0.717, 1.165) is 10.3 Å². The summed E-state index contributed by atoms with van der Waals surface area (Å²) in [5.41, 5.74) is 0.565. The number of amides is 1. The third kappa shape index (κ3) is 3.58. The number of carbonyl (C=O) groups is 1. The van der Waals surface area contributed by atoms with Crippen molar-refractivity contribution in [3.05, 3.63) is 91.9 Å². The molecular weight excluding hydrogens is 422 g/mol. The smallest absolute Gasteiger partial charge is 0.311 e. The fourth-order valence-electron chi connectivity index (χ4n) is 3.41. The van der Waals surface area contributed by atoms with Crippen LogP contribution in [0.2, 0.25) is 5.02 Å². The fourth-order valence-corrected chi connectivity index (χ4v) is 4.42. The molecule has 0 aliphatic rings. The zero-order valence-electron chi connectivity index (χ0n) is 16.1. The maximum atomic E-state index is 13.3. The van der Waals surface area contributed by atoms with Gasteiger partial charge < -0.3 is 4.90 Å². The molecule has 1 amide bonds. The van der Waals surface area contributed by atoms with Crippen LogP contribution in [0.25, 0.3) is 15.9 Å². The molecule has 0 saturated heterocycles. The predicted octanol–water partition coefficient (Wildman–Crippen LogP) is 3.92. The molecule has 4 aromatic rings. The van der Waals surface area contributed by atoms with Gasteiger partial charge in [0.2, 0.25) is 5.91 Å². The van der Waals surface area contributed by atoms with E-state index in [-0.39, 0.29) is 12.5 Å². The normalized spacial score (nSPS) is 11.0. The van der Waals surface area contributed by atoms with Crippen molar-refractivity contribution in [3.8, 4) is 5.69 Å². The Hall–Kier alpha value is -3.16. The number of benzene rings is 2. The Morgan fingerprint density at radius 3 is 2.53 bits per heavy atom. The Kier molecular flexibility index (Phi) is 5.57. The quantitative estimate of drug-likeness (QED) is 0.473. The molecular formula is C22H18ClN3O3S. The van der Waals surface area contributed by atoms with Crippen molar-refractivity contribution in [3.63, 3.8) is 0 Å². The third-order valence-electron chi connectivity index (χ3n) is 4.80. The second-order valence-electron chi connectivity index (χ2n) is 6.60. The summed E-state index contributed by atoms with van der Waals surface area (Å²) in [5, 5.41) is 2.15. The number of carbonyl (C=O) groups excluding carboxylic acids is 1. The van der Waals surface area contributed by atoms with Crippen molar-refractivity contribution in [2.45, 2.75) is 13.5 Å². The van der Waals surface area contributed by atoms with Crippen LogP contribution in [-0.2, 0) is 11.3 Å². The van der Waals surface area contributed by atoms with E-state index in [2.05, 4.69) is 0 Å². The molecule has 0 N–H and O–H groups in total. The lowest BCUT2D eigenvalue weighted by Gasteiger charge is -2.22. The summed E-state index contributed by atoms with van der Waals surface area (Å²) in [7, 11) is 0. The van der Waals surface area contributed by atoms with Crippen LogP contribution in [0.3, 0.4) is 0 Å². The lowest BCUT2D eigenvalue weighted by Crippen LogP contribution is -2.42. The van der Waals surface area contributed by atoms with Crippen molar-refractivity contribution in [2.24, 2.45) is 0 Å². The Balaban J connectivity index is 1.85. The molecule has 2 aromatic heterocycles. The SMILES string of the molecule is CCN(C(=O)Cn1c(=O)n(-c2cccc(Cl)c2)c(=O)c2sccc21)c1ccccc1. The number of halogens is 1. The highest BCUT2D eigenvalue weighted by atomic mass is 35.5. The van der Waals surface area contributed by atoms with Crippen LogP contribution in [0.1, 0.15) is 6.92 Å². The summed E-state index contributed by atoms with van der Waals surface area (Å²) in [6.07, 6.45) is 0. The van der Waals surface area contributed by atoms with Gasteiger partial charge in [-0.25, -0.2) is 9.36 Å². The third-order valence-corrected chi connectivity index (χ3v) is 5.93. The van der Waals surface area contributed by atoms with E-state index in [4.69, 9.17) is 11.6 Å². The minimum Gasteiger partial charge on any atom is -0.311 e. The molecule has 0 unspecified atom stereocenters. The second kappa shape index (κ2) is 8.30. The molecule has 0 atom stereocenters. The summed E-state index contributed by atoms with van der Waals surface area (Å²) < 4.78 is 2.82. The highest BCUT2D eigenvalue weighted by Crippen LogP contribution is 2.19. The summed E-state index contributed by atoms with van der Waals surface area (Å²) >= 11 is 7.30. The summed E-state index contributed by atoms with van der Waals surface area (Å²) in [6, 6.07) is 17.5. The van der Waals surface area contributed by atoms with Gasteiger partial charge in [-0.3, -0.25) is 14.2 Å². The van der Waals surface area contributed by atoms with Crippen molar-refractivity contribution in [1.29, 1.82) is 0 Å². The molecule has 0 fully saturated rings. The molecule has 0 aliphatic carbocycles. The van der Waals surface area contributed by atoms with E-state index in [1.165, 1.54) is 15.9 Å². The van der Waals surface area contributed by atoms with Crippen molar-refractivity contribution < 1.29 is 4.79 Å². The molecule has 0 saturated carbocycles. The highest BCUT2D eigenvalue weighted by Gasteiger charge is 2.20. The zero-order chi connectivity index (χ0) is 21.3. The Bertz CT molecular complexity index is 1340. The first-order valence-electron chi connectivity index (χ1n) is 9.35. The van der Waals surface area contributed by atoms with E-state index < -0.39 is 11.2 Å². The second-order valence-corrected chi connectivity index (χ2v) is 7.95. The van der Waals surface area contributed by atoms with Gasteiger partial charge in [-0.15, -0.1) is 11.3 Å². The maximum absolute atomic E-state index is 13.3. The number of para-hydroxylation sites is 1. The number of anilines is 1. The molecule has 0 aliphatic heterocycles. The largest absolute Gasteiger partial charge is 0.336 e. The monoisotopic (exact) mass is 439 g/mol. The predicted molar refractivity (Wildman–Crippen MR) is 121 cm³/mol. The molecule has 2 aromatic carbocycles. The topological polar surface area (TPSA) is 64.3 Å². The number of fused-ring (bicyclic) bond motifs is 1. The van der Waals surface area contributed by atoms with Gasteiger partial charge in [0.05, 0.1) is 11.2 Å². The van der Waals surface area contributed by atoms with Crippen LogP contribution in [0, 0.1) is 0 Å². The summed E-state index contributed by atoms with van der Waals surface area (Å²) in [6.45, 7) is 2.15. The standard InChI is InChI=1S/C22H18ClN3O3S/c1-2-24(16-8-4-3-5-9-16)19(27)14-25-18-11-12-30-20(18)21(28)26(22(25)29)17-10-6-7-15(23)13-17/h3-13H,2,14H2,1H3. The van der Waals surface area contributed by atoms with Gasteiger partial charge in [-0.2, -0.15) is 0 Å². The lowest BCUT2D eigenvalue weighted by molar-refractivity contribution is -0.119. The maximum Gasteiger partial charge on any atom is 0.336 e. The van der Waals surface area contributed by atoms with Gasteiger partial charge in [0.25, 0.3) is 5.56 Å². The zero-order valence-corrected chi connectivity index (χ0v) is 17.7. The number of aromatic nitrogens is 2. The number of thiophene rings is 1. The van der Waals surface area contributed by atoms with Crippen LogP contribution >= 0.6 is 22.9 Å². The molecule has 0 bridgehead atoms. The molecule has 30 heavy (non-hydrogen) atoms. The number of likely N-dealkylation sites (N-methyl/N-ethyl adjacent to an activating group) is 1. The Labute approximate surface area is 181 Å². The van der Waals surface area contributed by atoms with Crippen molar-refractivity contribution in [1.82, 2.24) is 9.13 Å². The Morgan fingerprint density at radius 2 is 1.83 bits per heavy atom. The first kappa shape index (κ1) is 20.1. The van der Waals surface area contributed by atoms with Crippen LogP contribution in [-0.4, -0.2) is 21.6 Å². The first-order chi connectivity index (χ1) is 14.5. The molecule has 4 rings (SSSR count). The molecule has 2 heterocycles. The fraction of sp³-hybridized carbons (Fsp3) is 0.136. The van der Waals surface area contributed by atoms with Crippen molar-refractivity contribution >= 4 is 44.7 Å². The van der Waals surface area contributed by atoms with Crippen molar-refractivity contribution in [2.75, 3.05) is 11.4 Å². The van der Waals surface area contributed by atoms with E-state index in [1.54, 1.807) is 40.6 Å². The van der Waals surface area contributed by atoms with Gasteiger partial charge in [0.1, 0.15) is 11.2 Å². The van der Waals surface area contributed by atoms with Crippen LogP contribution in [0.5, 0.6) is 0 Å². The van der Waals surface area contributed by atoms with Gasteiger partial charge in [-0.1, -0.05) is 35.9 Å². The van der Waals surface area contributed by atoms with Gasteiger partial charge >= 0.3 is 5.69 Å².